The van der Waals surface area contributed by atoms with Gasteiger partial charge in [-0.3, -0.25) is 9.59 Å². The Balaban J connectivity index is 1.79. The first-order valence-corrected chi connectivity index (χ1v) is 7.08. The predicted molar refractivity (Wildman–Crippen MR) is 75.8 cm³/mol. The molecule has 1 fully saturated rings. The molecule has 0 aromatic carbocycles. The molecule has 0 aromatic rings. The predicted octanol–water partition coefficient (Wildman–Crippen LogP) is 1.22. The second-order valence-electron chi connectivity index (χ2n) is 5.31. The lowest BCUT2D eigenvalue weighted by atomic mass is 9.98. The number of hydrogen-bond donors (Lipinski definition) is 1. The van der Waals surface area contributed by atoms with Gasteiger partial charge in [-0.2, -0.15) is 0 Å². The molecule has 1 saturated heterocycles. The van der Waals surface area contributed by atoms with Crippen LogP contribution in [0.2, 0.25) is 0 Å². The van der Waals surface area contributed by atoms with Crippen LogP contribution in [0.1, 0.15) is 26.2 Å². The van der Waals surface area contributed by atoms with Gasteiger partial charge in [-0.15, -0.1) is 0 Å². The summed E-state index contributed by atoms with van der Waals surface area (Å²) in [5, 5.41) is 3.48. The van der Waals surface area contributed by atoms with Gasteiger partial charge >= 0.3 is 5.97 Å². The number of carbonyl (C=O) groups is 2. The molecular weight excluding hydrogens is 256 g/mol. The van der Waals surface area contributed by atoms with Gasteiger partial charge in [0.05, 0.1) is 13.0 Å². The zero-order valence-electron chi connectivity index (χ0n) is 12.1. The molecule has 2 rings (SSSR count). The van der Waals surface area contributed by atoms with Crippen molar-refractivity contribution < 1.29 is 14.3 Å². The van der Waals surface area contributed by atoms with Crippen LogP contribution in [-0.2, 0) is 14.3 Å². The molecule has 2 aliphatic rings. The van der Waals surface area contributed by atoms with Gasteiger partial charge < -0.3 is 15.0 Å². The van der Waals surface area contributed by atoms with Gasteiger partial charge in [0.25, 0.3) is 0 Å². The van der Waals surface area contributed by atoms with E-state index in [-0.39, 0.29) is 17.8 Å². The van der Waals surface area contributed by atoms with Crippen molar-refractivity contribution in [2.45, 2.75) is 32.2 Å². The van der Waals surface area contributed by atoms with Crippen LogP contribution >= 0.6 is 0 Å². The largest absolute Gasteiger partial charge is 0.469 e. The highest BCUT2D eigenvalue weighted by molar-refractivity contribution is 5.75. The Morgan fingerprint density at radius 2 is 2.05 bits per heavy atom. The Labute approximate surface area is 119 Å². The van der Waals surface area contributed by atoms with E-state index in [1.165, 1.54) is 7.11 Å². The van der Waals surface area contributed by atoms with E-state index in [0.29, 0.717) is 12.5 Å². The van der Waals surface area contributed by atoms with Crippen molar-refractivity contribution in [3.8, 4) is 0 Å². The zero-order chi connectivity index (χ0) is 14.5. The number of methoxy groups -OCH3 is 1. The number of hydrogen-bond acceptors (Lipinski definition) is 4. The minimum atomic E-state index is -0.189. The summed E-state index contributed by atoms with van der Waals surface area (Å²) in [5.74, 6) is -0.197. The SMILES string of the molecule is COC(=O)C1C=CC(NC2CCN(C(C)=O)CC2)=CC1. The molecule has 20 heavy (non-hydrogen) atoms. The van der Waals surface area contributed by atoms with Crippen molar-refractivity contribution in [3.63, 3.8) is 0 Å². The van der Waals surface area contributed by atoms with E-state index in [0.717, 1.165) is 31.6 Å². The average Bonchev–Trinajstić information content (AvgIpc) is 2.48. The quantitative estimate of drug-likeness (QED) is 0.789. The molecule has 5 heteroatoms. The van der Waals surface area contributed by atoms with Gasteiger partial charge in [0, 0.05) is 31.8 Å². The number of amides is 1. The second kappa shape index (κ2) is 6.59. The third-order valence-corrected chi connectivity index (χ3v) is 3.91. The summed E-state index contributed by atoms with van der Waals surface area (Å²) in [5.41, 5.74) is 1.06. The number of rotatable bonds is 3. The molecular formula is C15H22N2O3. The van der Waals surface area contributed by atoms with Gasteiger partial charge in [-0.25, -0.2) is 0 Å². The van der Waals surface area contributed by atoms with Gasteiger partial charge in [0.15, 0.2) is 0 Å². The van der Waals surface area contributed by atoms with Crippen molar-refractivity contribution in [3.05, 3.63) is 23.9 Å². The van der Waals surface area contributed by atoms with Crippen molar-refractivity contribution in [1.29, 1.82) is 0 Å². The lowest BCUT2D eigenvalue weighted by Gasteiger charge is -2.32. The Hall–Kier alpha value is -1.78. The summed E-state index contributed by atoms with van der Waals surface area (Å²) in [7, 11) is 1.41. The van der Waals surface area contributed by atoms with E-state index < -0.39 is 0 Å². The maximum Gasteiger partial charge on any atom is 0.312 e. The summed E-state index contributed by atoms with van der Waals surface area (Å²) in [6.45, 7) is 3.25. The monoisotopic (exact) mass is 278 g/mol. The summed E-state index contributed by atoms with van der Waals surface area (Å²) in [6, 6.07) is 0.399. The van der Waals surface area contributed by atoms with Gasteiger partial charge in [-0.1, -0.05) is 12.2 Å². The normalized spacial score (nSPS) is 23.2. The highest BCUT2D eigenvalue weighted by Gasteiger charge is 2.22. The maximum absolute atomic E-state index is 11.4. The number of piperidine rings is 1. The summed E-state index contributed by atoms with van der Waals surface area (Å²) < 4.78 is 4.73. The van der Waals surface area contributed by atoms with E-state index in [2.05, 4.69) is 5.32 Å². The first-order valence-electron chi connectivity index (χ1n) is 7.08. The van der Waals surface area contributed by atoms with E-state index in [1.54, 1.807) is 6.92 Å². The molecule has 1 aliphatic heterocycles. The standard InChI is InChI=1S/C15H22N2O3/c1-11(18)17-9-7-14(8-10-17)16-13-5-3-12(4-6-13)15(19)20-2/h3,5-6,12,14,16H,4,7-10H2,1-2H3. The summed E-state index contributed by atoms with van der Waals surface area (Å²) >= 11 is 0. The van der Waals surface area contributed by atoms with Crippen LogP contribution in [0.5, 0.6) is 0 Å². The van der Waals surface area contributed by atoms with E-state index in [4.69, 9.17) is 4.74 Å². The van der Waals surface area contributed by atoms with Crippen LogP contribution in [0.25, 0.3) is 0 Å². The lowest BCUT2D eigenvalue weighted by Crippen LogP contribution is -2.43. The molecule has 110 valence electrons. The Bertz CT molecular complexity index is 434. The fourth-order valence-electron chi connectivity index (χ4n) is 2.63. The van der Waals surface area contributed by atoms with Crippen LogP contribution in [0.4, 0.5) is 0 Å². The number of nitrogens with zero attached hydrogens (tertiary/aromatic N) is 1. The van der Waals surface area contributed by atoms with Crippen molar-refractivity contribution in [1.82, 2.24) is 10.2 Å². The molecule has 1 N–H and O–H groups in total. The molecule has 0 aromatic heterocycles. The molecule has 1 heterocycles. The lowest BCUT2D eigenvalue weighted by molar-refractivity contribution is -0.143. The van der Waals surface area contributed by atoms with Crippen LogP contribution in [-0.4, -0.2) is 43.0 Å². The highest BCUT2D eigenvalue weighted by Crippen LogP contribution is 2.18. The zero-order valence-corrected chi connectivity index (χ0v) is 12.1. The number of ether oxygens (including phenoxy) is 1. The first-order chi connectivity index (χ1) is 9.60. The Morgan fingerprint density at radius 3 is 2.55 bits per heavy atom. The van der Waals surface area contributed by atoms with Gasteiger partial charge in [-0.05, 0) is 25.3 Å². The second-order valence-corrected chi connectivity index (χ2v) is 5.31. The number of nitrogens with one attached hydrogen (secondary N) is 1. The topological polar surface area (TPSA) is 58.6 Å². The number of likely N-dealkylation sites (tertiary alicyclic amines) is 1. The van der Waals surface area contributed by atoms with E-state index in [9.17, 15) is 9.59 Å². The highest BCUT2D eigenvalue weighted by atomic mass is 16.5. The smallest absolute Gasteiger partial charge is 0.312 e. The van der Waals surface area contributed by atoms with Crippen LogP contribution < -0.4 is 5.32 Å². The Morgan fingerprint density at radius 1 is 1.35 bits per heavy atom. The molecule has 5 nitrogen and oxygen atoms in total. The van der Waals surface area contributed by atoms with E-state index >= 15 is 0 Å². The van der Waals surface area contributed by atoms with Gasteiger partial charge in [0.2, 0.25) is 5.91 Å². The number of esters is 1. The summed E-state index contributed by atoms with van der Waals surface area (Å²) in [6.07, 6.45) is 8.48. The molecule has 0 radical (unpaired) electrons. The molecule has 0 bridgehead atoms. The van der Waals surface area contributed by atoms with Crippen molar-refractivity contribution in [2.24, 2.45) is 5.92 Å². The number of carbonyl (C=O) groups excluding carboxylic acids is 2. The molecule has 0 saturated carbocycles. The minimum absolute atomic E-state index is 0.154. The molecule has 1 aliphatic carbocycles. The summed E-state index contributed by atoms with van der Waals surface area (Å²) in [4.78, 5) is 24.6. The molecule has 1 atom stereocenters. The van der Waals surface area contributed by atoms with Gasteiger partial charge in [0.1, 0.15) is 0 Å². The Kier molecular flexibility index (Phi) is 4.82. The van der Waals surface area contributed by atoms with Crippen LogP contribution in [0, 0.1) is 5.92 Å². The average molecular weight is 278 g/mol. The third kappa shape index (κ3) is 3.62. The minimum Gasteiger partial charge on any atom is -0.469 e. The maximum atomic E-state index is 11.4. The molecule has 1 amide bonds. The fourth-order valence-corrected chi connectivity index (χ4v) is 2.63. The first kappa shape index (κ1) is 14.6. The fraction of sp³-hybridized carbons (Fsp3) is 0.600. The molecule has 1 unspecified atom stereocenters. The third-order valence-electron chi connectivity index (χ3n) is 3.91. The van der Waals surface area contributed by atoms with E-state index in [1.807, 2.05) is 23.1 Å². The van der Waals surface area contributed by atoms with Crippen LogP contribution in [0.15, 0.2) is 23.9 Å². The van der Waals surface area contributed by atoms with Crippen molar-refractivity contribution >= 4 is 11.9 Å². The van der Waals surface area contributed by atoms with Crippen LogP contribution in [0.3, 0.4) is 0 Å². The number of allylic oxidation sites excluding steroid dienone is 2. The van der Waals surface area contributed by atoms with Crippen molar-refractivity contribution in [2.75, 3.05) is 20.2 Å². The molecule has 0 spiro atoms.